The third-order valence-electron chi connectivity index (χ3n) is 5.39. The minimum absolute atomic E-state index is 0.0956. The summed E-state index contributed by atoms with van der Waals surface area (Å²) in [5.74, 6) is 1.20. The maximum absolute atomic E-state index is 13.7. The van der Waals surface area contributed by atoms with Gasteiger partial charge in [-0.2, -0.15) is 0 Å². The quantitative estimate of drug-likeness (QED) is 0.673. The van der Waals surface area contributed by atoms with Crippen molar-refractivity contribution in [3.05, 3.63) is 47.0 Å². The van der Waals surface area contributed by atoms with Crippen molar-refractivity contribution in [3.63, 3.8) is 0 Å². The number of hydrogen-bond donors (Lipinski definition) is 0. The van der Waals surface area contributed by atoms with Gasteiger partial charge in [0.1, 0.15) is 17.9 Å². The van der Waals surface area contributed by atoms with Gasteiger partial charge in [-0.05, 0) is 44.9 Å². The zero-order chi connectivity index (χ0) is 20.5. The fraction of sp³-hybridized carbons (Fsp3) is 0.409. The molecule has 3 aromatic rings. The molecule has 1 aliphatic rings. The van der Waals surface area contributed by atoms with Crippen LogP contribution in [0.1, 0.15) is 34.2 Å². The van der Waals surface area contributed by atoms with Gasteiger partial charge in [-0.1, -0.05) is 12.1 Å². The van der Waals surface area contributed by atoms with Gasteiger partial charge < -0.3 is 19.0 Å². The number of fused-ring (bicyclic) bond motifs is 1. The number of carbonyl (C=O) groups excluding carboxylic acids is 1. The van der Waals surface area contributed by atoms with Crippen molar-refractivity contribution in [1.82, 2.24) is 9.97 Å². The summed E-state index contributed by atoms with van der Waals surface area (Å²) < 4.78 is 11.3. The monoisotopic (exact) mass is 394 g/mol. The number of furan rings is 1. The van der Waals surface area contributed by atoms with Gasteiger partial charge in [0.05, 0.1) is 24.2 Å². The molecule has 1 saturated heterocycles. The van der Waals surface area contributed by atoms with Gasteiger partial charge in [-0.15, -0.1) is 0 Å². The number of carbonyl (C=O) groups is 1. The third-order valence-corrected chi connectivity index (χ3v) is 5.39. The average molecular weight is 394 g/mol. The highest BCUT2D eigenvalue weighted by Gasteiger charge is 2.29. The number of benzene rings is 1. The van der Waals surface area contributed by atoms with E-state index in [1.54, 1.807) is 4.90 Å². The molecule has 0 bridgehead atoms. The highest BCUT2D eigenvalue weighted by molar-refractivity contribution is 6.16. The molecule has 0 saturated carbocycles. The van der Waals surface area contributed by atoms with Crippen LogP contribution in [0.4, 0.5) is 11.5 Å². The molecular weight excluding hydrogens is 368 g/mol. The molecule has 3 heterocycles. The average Bonchev–Trinajstić information content (AvgIpc) is 3.07. The van der Waals surface area contributed by atoms with E-state index in [0.717, 1.165) is 35.7 Å². The number of rotatable bonds is 4. The first-order valence-electron chi connectivity index (χ1n) is 9.97. The Morgan fingerprint density at radius 1 is 1.17 bits per heavy atom. The summed E-state index contributed by atoms with van der Waals surface area (Å²) in [6.45, 7) is 11.1. The van der Waals surface area contributed by atoms with Crippen LogP contribution < -0.4 is 9.80 Å². The topological polar surface area (TPSA) is 71.7 Å². The van der Waals surface area contributed by atoms with Crippen molar-refractivity contribution >= 4 is 28.5 Å². The molecule has 1 amide bonds. The van der Waals surface area contributed by atoms with Gasteiger partial charge in [0.25, 0.3) is 5.91 Å². The van der Waals surface area contributed by atoms with Crippen molar-refractivity contribution in [1.29, 1.82) is 0 Å². The zero-order valence-electron chi connectivity index (χ0n) is 17.4. The number of aryl methyl sites for hydroxylation is 3. The first-order valence-corrected chi connectivity index (χ1v) is 9.97. The van der Waals surface area contributed by atoms with Crippen LogP contribution in [0.15, 0.2) is 28.9 Å². The number of amides is 1. The summed E-state index contributed by atoms with van der Waals surface area (Å²) >= 11 is 0. The minimum Gasteiger partial charge on any atom is -0.442 e. The van der Waals surface area contributed by atoms with Crippen molar-refractivity contribution in [2.75, 3.05) is 42.6 Å². The standard InChI is InChI=1S/C22H26N4O3/c1-5-26(17-12-14(2)6-7-15(17)3)22(27)18-16(4)29-21-19(18)20(23-13-24-21)25-8-10-28-11-9-25/h6-7,12-13H,5,8-11H2,1-4H3. The van der Waals surface area contributed by atoms with Gasteiger partial charge in [0, 0.05) is 25.3 Å². The van der Waals surface area contributed by atoms with Crippen LogP contribution in [0.2, 0.25) is 0 Å². The number of nitrogens with zero attached hydrogens (tertiary/aromatic N) is 4. The first kappa shape index (κ1) is 19.4. The van der Waals surface area contributed by atoms with Gasteiger partial charge in [0.2, 0.25) is 5.71 Å². The van der Waals surface area contributed by atoms with Crippen molar-refractivity contribution in [2.45, 2.75) is 27.7 Å². The second-order valence-corrected chi connectivity index (χ2v) is 7.35. The molecule has 0 atom stereocenters. The van der Waals surface area contributed by atoms with Crippen LogP contribution in [0.25, 0.3) is 11.1 Å². The molecule has 0 N–H and O–H groups in total. The van der Waals surface area contributed by atoms with Gasteiger partial charge in [0.15, 0.2) is 0 Å². The fourth-order valence-electron chi connectivity index (χ4n) is 3.87. The number of anilines is 2. The third kappa shape index (κ3) is 3.46. The molecule has 152 valence electrons. The lowest BCUT2D eigenvalue weighted by molar-refractivity contribution is 0.0988. The van der Waals surface area contributed by atoms with Crippen LogP contribution in [0, 0.1) is 20.8 Å². The molecule has 0 radical (unpaired) electrons. The Bertz CT molecular complexity index is 1050. The molecule has 4 rings (SSSR count). The molecule has 7 heteroatoms. The largest absolute Gasteiger partial charge is 0.442 e. The van der Waals surface area contributed by atoms with E-state index in [2.05, 4.69) is 20.9 Å². The minimum atomic E-state index is -0.0956. The Morgan fingerprint density at radius 2 is 1.93 bits per heavy atom. The number of hydrogen-bond acceptors (Lipinski definition) is 6. The summed E-state index contributed by atoms with van der Waals surface area (Å²) in [5.41, 5.74) is 4.06. The Kier molecular flexibility index (Phi) is 5.24. The molecule has 0 spiro atoms. The van der Waals surface area contributed by atoms with Crippen molar-refractivity contribution in [3.8, 4) is 0 Å². The van der Waals surface area contributed by atoms with Crippen LogP contribution in [0.3, 0.4) is 0 Å². The molecule has 0 aliphatic carbocycles. The SMILES string of the molecule is CCN(C(=O)c1c(C)oc2ncnc(N3CCOCC3)c12)c1cc(C)ccc1C. The summed E-state index contributed by atoms with van der Waals surface area (Å²) in [6, 6.07) is 6.15. The van der Waals surface area contributed by atoms with Crippen molar-refractivity contribution in [2.24, 2.45) is 0 Å². The van der Waals surface area contributed by atoms with Crippen molar-refractivity contribution < 1.29 is 13.9 Å². The summed E-state index contributed by atoms with van der Waals surface area (Å²) in [6.07, 6.45) is 1.49. The molecule has 1 aliphatic heterocycles. The summed E-state index contributed by atoms with van der Waals surface area (Å²) in [7, 11) is 0. The van der Waals surface area contributed by atoms with E-state index < -0.39 is 0 Å². The molecular formula is C22H26N4O3. The number of morpholine rings is 1. The van der Waals surface area contributed by atoms with Gasteiger partial charge in [-0.3, -0.25) is 4.79 Å². The Balaban J connectivity index is 1.85. The second kappa shape index (κ2) is 7.83. The van der Waals surface area contributed by atoms with Gasteiger partial charge in [-0.25, -0.2) is 9.97 Å². The molecule has 7 nitrogen and oxygen atoms in total. The molecule has 29 heavy (non-hydrogen) atoms. The van der Waals surface area contributed by atoms with E-state index >= 15 is 0 Å². The fourth-order valence-corrected chi connectivity index (χ4v) is 3.87. The normalized spacial score (nSPS) is 14.4. The highest BCUT2D eigenvalue weighted by Crippen LogP contribution is 2.34. The Hall–Kier alpha value is -2.93. The van der Waals surface area contributed by atoms with E-state index in [4.69, 9.17) is 9.15 Å². The maximum Gasteiger partial charge on any atom is 0.262 e. The van der Waals surface area contributed by atoms with Crippen LogP contribution in [0.5, 0.6) is 0 Å². The van der Waals surface area contributed by atoms with E-state index in [1.807, 2.05) is 39.8 Å². The molecule has 1 fully saturated rings. The Labute approximate surface area is 170 Å². The van der Waals surface area contributed by atoms with Crippen LogP contribution in [-0.4, -0.2) is 48.7 Å². The lowest BCUT2D eigenvalue weighted by Gasteiger charge is -2.28. The predicted molar refractivity (Wildman–Crippen MR) is 113 cm³/mol. The van der Waals surface area contributed by atoms with E-state index in [0.29, 0.717) is 42.2 Å². The van der Waals surface area contributed by atoms with E-state index in [9.17, 15) is 4.79 Å². The summed E-state index contributed by atoms with van der Waals surface area (Å²) in [4.78, 5) is 26.5. The molecule has 0 unspecified atom stereocenters. The van der Waals surface area contributed by atoms with Crippen LogP contribution >= 0.6 is 0 Å². The number of aromatic nitrogens is 2. The smallest absolute Gasteiger partial charge is 0.262 e. The molecule has 2 aromatic heterocycles. The number of ether oxygens (including phenoxy) is 1. The molecule has 1 aromatic carbocycles. The Morgan fingerprint density at radius 3 is 2.66 bits per heavy atom. The summed E-state index contributed by atoms with van der Waals surface area (Å²) in [5, 5.41) is 0.681. The maximum atomic E-state index is 13.7. The lowest BCUT2D eigenvalue weighted by Crippen LogP contribution is -2.37. The second-order valence-electron chi connectivity index (χ2n) is 7.35. The first-order chi connectivity index (χ1) is 14.0. The predicted octanol–water partition coefficient (Wildman–Crippen LogP) is 3.65. The van der Waals surface area contributed by atoms with E-state index in [1.165, 1.54) is 6.33 Å². The van der Waals surface area contributed by atoms with Gasteiger partial charge >= 0.3 is 0 Å². The lowest BCUT2D eigenvalue weighted by atomic mass is 10.1. The van der Waals surface area contributed by atoms with Crippen LogP contribution in [-0.2, 0) is 4.74 Å². The zero-order valence-corrected chi connectivity index (χ0v) is 17.4. The van der Waals surface area contributed by atoms with E-state index in [-0.39, 0.29) is 5.91 Å². The highest BCUT2D eigenvalue weighted by atomic mass is 16.5.